The van der Waals surface area contributed by atoms with Gasteiger partial charge in [-0.2, -0.15) is 0 Å². The van der Waals surface area contributed by atoms with Gasteiger partial charge in [0, 0.05) is 10.6 Å². The maximum absolute atomic E-state index is 13.6. The normalized spacial score (nSPS) is 15.6. The van der Waals surface area contributed by atoms with Gasteiger partial charge in [0.05, 0.1) is 22.9 Å². The van der Waals surface area contributed by atoms with E-state index in [0.29, 0.717) is 26.3 Å². The van der Waals surface area contributed by atoms with Crippen molar-refractivity contribution in [2.24, 2.45) is 4.99 Å². The number of amides is 1. The van der Waals surface area contributed by atoms with Crippen molar-refractivity contribution in [3.63, 3.8) is 0 Å². The molecule has 0 fully saturated rings. The summed E-state index contributed by atoms with van der Waals surface area (Å²) in [6.07, 6.45) is 1.85. The van der Waals surface area contributed by atoms with E-state index in [1.807, 2.05) is 85.1 Å². The molecule has 0 saturated carbocycles. The number of allylic oxidation sites excluding steroid dienone is 1. The molecule has 170 valence electrons. The monoisotopic (exact) mass is 487 g/mol. The zero-order chi connectivity index (χ0) is 23.7. The highest BCUT2D eigenvalue weighted by atomic mass is 32.1. The van der Waals surface area contributed by atoms with E-state index < -0.39 is 6.04 Å². The molecule has 0 radical (unpaired) electrons. The number of nitrogens with zero attached hydrogens (tertiary/aromatic N) is 2. The zero-order valence-electron chi connectivity index (χ0n) is 18.5. The van der Waals surface area contributed by atoms with Gasteiger partial charge in [-0.25, -0.2) is 4.99 Å². The van der Waals surface area contributed by atoms with Crippen LogP contribution in [0.1, 0.15) is 23.4 Å². The number of thiophene rings is 1. The lowest BCUT2D eigenvalue weighted by molar-refractivity contribution is -0.113. The number of ether oxygens (including phenoxy) is 1. The highest BCUT2D eigenvalue weighted by Gasteiger charge is 2.33. The lowest BCUT2D eigenvalue weighted by Gasteiger charge is -2.24. The Morgan fingerprint density at radius 3 is 2.53 bits per heavy atom. The number of anilines is 1. The molecule has 0 spiro atoms. The van der Waals surface area contributed by atoms with E-state index in [2.05, 4.69) is 10.3 Å². The van der Waals surface area contributed by atoms with Gasteiger partial charge in [0.25, 0.3) is 11.5 Å². The molecule has 2 aromatic heterocycles. The van der Waals surface area contributed by atoms with E-state index in [-0.39, 0.29) is 11.5 Å². The molecule has 4 aromatic rings. The number of hydrogen-bond acceptors (Lipinski definition) is 6. The molecular weight excluding hydrogens is 466 g/mol. The maximum atomic E-state index is 13.6. The Kier molecular flexibility index (Phi) is 6.00. The molecule has 0 aliphatic carbocycles. The quantitative estimate of drug-likeness (QED) is 0.463. The van der Waals surface area contributed by atoms with Crippen molar-refractivity contribution < 1.29 is 9.53 Å². The van der Waals surface area contributed by atoms with Gasteiger partial charge in [-0.15, -0.1) is 11.3 Å². The van der Waals surface area contributed by atoms with Crippen molar-refractivity contribution in [2.75, 3.05) is 12.4 Å². The minimum atomic E-state index is -0.544. The van der Waals surface area contributed by atoms with Gasteiger partial charge in [0.1, 0.15) is 11.8 Å². The number of carbonyl (C=O) groups excluding carboxylic acids is 1. The van der Waals surface area contributed by atoms with E-state index in [1.54, 1.807) is 11.7 Å². The van der Waals surface area contributed by atoms with Crippen LogP contribution in [0.2, 0.25) is 0 Å². The molecule has 1 N–H and O–H groups in total. The molecule has 3 heterocycles. The first-order valence-corrected chi connectivity index (χ1v) is 12.3. The van der Waals surface area contributed by atoms with E-state index >= 15 is 0 Å². The molecule has 5 rings (SSSR count). The summed E-state index contributed by atoms with van der Waals surface area (Å²) in [5.41, 5.74) is 2.47. The highest BCUT2D eigenvalue weighted by Crippen LogP contribution is 2.33. The summed E-state index contributed by atoms with van der Waals surface area (Å²) in [4.78, 5) is 33.1. The second-order valence-electron chi connectivity index (χ2n) is 7.69. The van der Waals surface area contributed by atoms with Crippen molar-refractivity contribution in [3.8, 4) is 5.75 Å². The number of benzene rings is 2. The average Bonchev–Trinajstić information content (AvgIpc) is 3.48. The summed E-state index contributed by atoms with van der Waals surface area (Å²) >= 11 is 2.84. The van der Waals surface area contributed by atoms with Crippen LogP contribution in [0, 0.1) is 0 Å². The van der Waals surface area contributed by atoms with Crippen LogP contribution in [0.3, 0.4) is 0 Å². The molecule has 1 atom stereocenters. The summed E-state index contributed by atoms with van der Waals surface area (Å²) in [5, 5.41) is 4.91. The van der Waals surface area contributed by atoms with Crippen molar-refractivity contribution in [1.29, 1.82) is 0 Å². The Bertz CT molecular complexity index is 1550. The summed E-state index contributed by atoms with van der Waals surface area (Å²) < 4.78 is 7.42. The number of rotatable bonds is 5. The Morgan fingerprint density at radius 1 is 1.09 bits per heavy atom. The number of carbonyl (C=O) groups is 1. The highest BCUT2D eigenvalue weighted by molar-refractivity contribution is 7.10. The van der Waals surface area contributed by atoms with Crippen LogP contribution in [-0.2, 0) is 4.79 Å². The molecule has 0 bridgehead atoms. The van der Waals surface area contributed by atoms with Crippen molar-refractivity contribution >= 4 is 40.3 Å². The fourth-order valence-electron chi connectivity index (χ4n) is 3.90. The Hall–Kier alpha value is -3.75. The summed E-state index contributed by atoms with van der Waals surface area (Å²) in [6.45, 7) is 1.82. The number of hydrogen-bond donors (Lipinski definition) is 1. The minimum absolute atomic E-state index is 0.171. The number of fused-ring (bicyclic) bond motifs is 1. The maximum Gasteiger partial charge on any atom is 0.271 e. The van der Waals surface area contributed by atoms with Crippen LogP contribution < -0.4 is 24.9 Å². The lowest BCUT2D eigenvalue weighted by Crippen LogP contribution is -2.40. The minimum Gasteiger partial charge on any atom is -0.497 e. The summed E-state index contributed by atoms with van der Waals surface area (Å²) in [7, 11) is 1.62. The first kappa shape index (κ1) is 22.1. The molecule has 1 aliphatic heterocycles. The first-order chi connectivity index (χ1) is 16.5. The molecular formula is C26H21N3O3S2. The van der Waals surface area contributed by atoms with E-state index in [0.717, 1.165) is 16.2 Å². The number of nitrogens with one attached hydrogen (secondary N) is 1. The molecule has 34 heavy (non-hydrogen) atoms. The van der Waals surface area contributed by atoms with Gasteiger partial charge in [0.2, 0.25) is 0 Å². The van der Waals surface area contributed by atoms with Crippen LogP contribution in [0.15, 0.2) is 93.2 Å². The van der Waals surface area contributed by atoms with Gasteiger partial charge in [-0.05, 0) is 54.3 Å². The number of para-hydroxylation sites is 1. The van der Waals surface area contributed by atoms with E-state index in [4.69, 9.17) is 4.74 Å². The predicted molar refractivity (Wildman–Crippen MR) is 136 cm³/mol. The van der Waals surface area contributed by atoms with Gasteiger partial charge in [0.15, 0.2) is 4.80 Å². The van der Waals surface area contributed by atoms with Gasteiger partial charge in [-0.1, -0.05) is 47.7 Å². The fourth-order valence-corrected chi connectivity index (χ4v) is 5.77. The smallest absolute Gasteiger partial charge is 0.271 e. The third-order valence-electron chi connectivity index (χ3n) is 5.52. The third-order valence-corrected chi connectivity index (χ3v) is 7.43. The van der Waals surface area contributed by atoms with Crippen molar-refractivity contribution in [1.82, 2.24) is 4.57 Å². The largest absolute Gasteiger partial charge is 0.497 e. The second kappa shape index (κ2) is 9.24. The molecule has 2 aromatic carbocycles. The van der Waals surface area contributed by atoms with Crippen LogP contribution in [-0.4, -0.2) is 17.6 Å². The predicted octanol–water partition coefficient (Wildman–Crippen LogP) is 3.94. The Labute approximate surface area is 203 Å². The van der Waals surface area contributed by atoms with Crippen LogP contribution in [0.4, 0.5) is 5.69 Å². The third kappa shape index (κ3) is 4.13. The topological polar surface area (TPSA) is 72.7 Å². The molecule has 1 aliphatic rings. The summed E-state index contributed by atoms with van der Waals surface area (Å²) in [5.74, 6) is 0.483. The molecule has 1 amide bonds. The summed E-state index contributed by atoms with van der Waals surface area (Å²) in [6, 6.07) is 20.1. The van der Waals surface area contributed by atoms with Crippen LogP contribution >= 0.6 is 22.7 Å². The average molecular weight is 488 g/mol. The number of aromatic nitrogens is 1. The first-order valence-electron chi connectivity index (χ1n) is 10.6. The number of thiazole rings is 1. The molecule has 0 unspecified atom stereocenters. The number of methoxy groups -OCH3 is 1. The molecule has 6 nitrogen and oxygen atoms in total. The van der Waals surface area contributed by atoms with E-state index in [1.165, 1.54) is 22.7 Å². The molecule has 8 heteroatoms. The zero-order valence-corrected chi connectivity index (χ0v) is 20.2. The fraction of sp³-hybridized carbons (Fsp3) is 0.115. The second-order valence-corrected chi connectivity index (χ2v) is 9.68. The SMILES string of the molecule is COc1ccc(/C=c2\sc3n(c2=O)[C@@H](c2cccs2)C(C(=O)Nc2ccccc2)=C(C)N=3)cc1. The standard InChI is InChI=1S/C26H21N3O3S2/c1-16-22(24(30)28-18-7-4-3-5-8-18)23(20-9-6-14-33-20)29-25(31)21(34-26(29)27-16)15-17-10-12-19(32-2)13-11-17/h3-15,23H,1-2H3,(H,28,30)/b21-15-/t23-/m0/s1. The van der Waals surface area contributed by atoms with Gasteiger partial charge >= 0.3 is 0 Å². The molecule has 0 saturated heterocycles. The van der Waals surface area contributed by atoms with Crippen LogP contribution in [0.5, 0.6) is 5.75 Å². The Morgan fingerprint density at radius 2 is 1.85 bits per heavy atom. The van der Waals surface area contributed by atoms with E-state index in [9.17, 15) is 9.59 Å². The van der Waals surface area contributed by atoms with Gasteiger partial charge in [-0.3, -0.25) is 14.2 Å². The Balaban J connectivity index is 1.62. The van der Waals surface area contributed by atoms with Gasteiger partial charge < -0.3 is 10.1 Å². The van der Waals surface area contributed by atoms with Crippen molar-refractivity contribution in [2.45, 2.75) is 13.0 Å². The lowest BCUT2D eigenvalue weighted by atomic mass is 10.0. The van der Waals surface area contributed by atoms with Crippen molar-refractivity contribution in [3.05, 3.63) is 114 Å². The van der Waals surface area contributed by atoms with Crippen LogP contribution in [0.25, 0.3) is 6.08 Å².